The first-order chi connectivity index (χ1) is 9.63. The van der Waals surface area contributed by atoms with Gasteiger partial charge < -0.3 is 10.1 Å². The Morgan fingerprint density at radius 1 is 1.00 bits per heavy atom. The Kier molecular flexibility index (Phi) is 4.67. The molecule has 0 aliphatic heterocycles. The van der Waals surface area contributed by atoms with E-state index < -0.39 is 0 Å². The van der Waals surface area contributed by atoms with Crippen LogP contribution in [0.3, 0.4) is 0 Å². The third-order valence-corrected chi connectivity index (χ3v) is 3.57. The molecule has 0 saturated carbocycles. The Labute approximate surface area is 121 Å². The van der Waals surface area contributed by atoms with Crippen LogP contribution >= 0.6 is 0 Å². The Bertz CT molecular complexity index is 560. The summed E-state index contributed by atoms with van der Waals surface area (Å²) in [4.78, 5) is 0. The predicted octanol–water partition coefficient (Wildman–Crippen LogP) is 4.88. The van der Waals surface area contributed by atoms with Gasteiger partial charge in [-0.25, -0.2) is 0 Å². The first kappa shape index (κ1) is 14.4. The zero-order valence-corrected chi connectivity index (χ0v) is 12.7. The van der Waals surface area contributed by atoms with Crippen LogP contribution in [0.25, 0.3) is 0 Å². The van der Waals surface area contributed by atoms with Crippen LogP contribution in [0.2, 0.25) is 0 Å². The molecule has 2 aromatic rings. The maximum atomic E-state index is 5.44. The fourth-order valence-corrected chi connectivity index (χ4v) is 2.34. The van der Waals surface area contributed by atoms with Crippen LogP contribution in [-0.4, -0.2) is 7.11 Å². The van der Waals surface area contributed by atoms with Crippen molar-refractivity contribution in [3.63, 3.8) is 0 Å². The molecule has 20 heavy (non-hydrogen) atoms. The molecule has 0 aliphatic carbocycles. The summed E-state index contributed by atoms with van der Waals surface area (Å²) in [6.45, 7) is 6.40. The molecule has 1 atom stereocenters. The Balaban J connectivity index is 2.26. The van der Waals surface area contributed by atoms with Crippen molar-refractivity contribution in [3.05, 3.63) is 59.2 Å². The molecule has 0 radical (unpaired) electrons. The number of methoxy groups -OCH3 is 1. The van der Waals surface area contributed by atoms with E-state index in [1.807, 2.05) is 6.07 Å². The molecular weight excluding hydrogens is 246 g/mol. The van der Waals surface area contributed by atoms with E-state index in [1.165, 1.54) is 16.7 Å². The molecule has 1 unspecified atom stereocenters. The third-order valence-electron chi connectivity index (χ3n) is 3.57. The van der Waals surface area contributed by atoms with Gasteiger partial charge in [0.2, 0.25) is 0 Å². The molecule has 0 aliphatic rings. The second kappa shape index (κ2) is 6.47. The van der Waals surface area contributed by atoms with Crippen molar-refractivity contribution in [3.8, 4) is 5.75 Å². The van der Waals surface area contributed by atoms with Gasteiger partial charge in [-0.3, -0.25) is 0 Å². The molecule has 0 amide bonds. The summed E-state index contributed by atoms with van der Waals surface area (Å²) in [5, 5.41) is 3.60. The van der Waals surface area contributed by atoms with E-state index in [0.717, 1.165) is 17.9 Å². The lowest BCUT2D eigenvalue weighted by molar-refractivity contribution is 0.416. The molecule has 2 nitrogen and oxygen atoms in total. The monoisotopic (exact) mass is 269 g/mol. The summed E-state index contributed by atoms with van der Waals surface area (Å²) in [5.74, 6) is 0.890. The lowest BCUT2D eigenvalue weighted by Gasteiger charge is -2.21. The van der Waals surface area contributed by atoms with Gasteiger partial charge in [0.15, 0.2) is 0 Å². The van der Waals surface area contributed by atoms with Crippen molar-refractivity contribution in [1.82, 2.24) is 0 Å². The van der Waals surface area contributed by atoms with Crippen molar-refractivity contribution in [1.29, 1.82) is 0 Å². The van der Waals surface area contributed by atoms with Crippen LogP contribution in [0, 0.1) is 13.8 Å². The molecule has 2 heteroatoms. The highest BCUT2D eigenvalue weighted by Gasteiger charge is 2.11. The standard InChI is InChI=1S/C18H23NO/c1-5-16(15-9-6-13(2)7-10-15)19-17-12-14(3)8-11-18(17)20-4/h6-12,16,19H,5H2,1-4H3. The molecule has 0 heterocycles. The number of benzene rings is 2. The number of hydrogen-bond donors (Lipinski definition) is 1. The average Bonchev–Trinajstić information content (AvgIpc) is 2.46. The number of hydrogen-bond acceptors (Lipinski definition) is 2. The van der Waals surface area contributed by atoms with E-state index in [9.17, 15) is 0 Å². The highest BCUT2D eigenvalue weighted by Crippen LogP contribution is 2.30. The largest absolute Gasteiger partial charge is 0.495 e. The minimum absolute atomic E-state index is 0.297. The molecule has 106 valence electrons. The van der Waals surface area contributed by atoms with Crippen molar-refractivity contribution in [2.75, 3.05) is 12.4 Å². The van der Waals surface area contributed by atoms with Crippen molar-refractivity contribution in [2.24, 2.45) is 0 Å². The molecule has 2 aromatic carbocycles. The summed E-state index contributed by atoms with van der Waals surface area (Å²) in [7, 11) is 1.71. The first-order valence-electron chi connectivity index (χ1n) is 7.11. The summed E-state index contributed by atoms with van der Waals surface area (Å²) in [6, 6.07) is 15.2. The molecule has 0 spiro atoms. The Morgan fingerprint density at radius 3 is 2.25 bits per heavy atom. The molecule has 0 saturated heterocycles. The number of rotatable bonds is 5. The van der Waals surface area contributed by atoms with E-state index in [0.29, 0.717) is 6.04 Å². The van der Waals surface area contributed by atoms with Gasteiger partial charge in [-0.1, -0.05) is 42.8 Å². The molecule has 2 rings (SSSR count). The number of nitrogens with one attached hydrogen (secondary N) is 1. The van der Waals surface area contributed by atoms with Gasteiger partial charge in [-0.05, 0) is 43.5 Å². The number of anilines is 1. The molecule has 1 N–H and O–H groups in total. The van der Waals surface area contributed by atoms with E-state index >= 15 is 0 Å². The van der Waals surface area contributed by atoms with Crippen LogP contribution in [0.15, 0.2) is 42.5 Å². The van der Waals surface area contributed by atoms with E-state index in [-0.39, 0.29) is 0 Å². The molecular formula is C18H23NO. The zero-order chi connectivity index (χ0) is 14.5. The highest BCUT2D eigenvalue weighted by atomic mass is 16.5. The van der Waals surface area contributed by atoms with Gasteiger partial charge >= 0.3 is 0 Å². The maximum Gasteiger partial charge on any atom is 0.141 e. The van der Waals surface area contributed by atoms with E-state index in [4.69, 9.17) is 4.74 Å². The topological polar surface area (TPSA) is 21.3 Å². The second-order valence-electron chi connectivity index (χ2n) is 5.22. The van der Waals surface area contributed by atoms with Crippen molar-refractivity contribution < 1.29 is 4.74 Å². The summed E-state index contributed by atoms with van der Waals surface area (Å²) in [5.41, 5.74) is 4.88. The normalized spacial score (nSPS) is 12.0. The van der Waals surface area contributed by atoms with E-state index in [2.05, 4.69) is 62.5 Å². The summed E-state index contributed by atoms with van der Waals surface area (Å²) >= 11 is 0. The zero-order valence-electron chi connectivity index (χ0n) is 12.7. The Hall–Kier alpha value is -1.96. The SMILES string of the molecule is CCC(Nc1cc(C)ccc1OC)c1ccc(C)cc1. The van der Waals surface area contributed by atoms with Crippen LogP contribution in [-0.2, 0) is 0 Å². The van der Waals surface area contributed by atoms with Crippen LogP contribution in [0.5, 0.6) is 5.75 Å². The quantitative estimate of drug-likeness (QED) is 0.835. The van der Waals surface area contributed by atoms with Crippen molar-refractivity contribution >= 4 is 5.69 Å². The fraction of sp³-hybridized carbons (Fsp3) is 0.333. The van der Waals surface area contributed by atoms with Gasteiger partial charge in [0.25, 0.3) is 0 Å². The molecule has 0 aromatic heterocycles. The fourth-order valence-electron chi connectivity index (χ4n) is 2.34. The van der Waals surface area contributed by atoms with Gasteiger partial charge in [-0.2, -0.15) is 0 Å². The average molecular weight is 269 g/mol. The predicted molar refractivity (Wildman–Crippen MR) is 85.6 cm³/mol. The van der Waals surface area contributed by atoms with E-state index in [1.54, 1.807) is 7.11 Å². The number of aryl methyl sites for hydroxylation is 2. The van der Waals surface area contributed by atoms with Gasteiger partial charge in [0.05, 0.1) is 18.8 Å². The number of ether oxygens (including phenoxy) is 1. The van der Waals surface area contributed by atoms with Gasteiger partial charge in [0, 0.05) is 0 Å². The highest BCUT2D eigenvalue weighted by molar-refractivity contribution is 5.59. The minimum Gasteiger partial charge on any atom is -0.495 e. The summed E-state index contributed by atoms with van der Waals surface area (Å²) in [6.07, 6.45) is 1.03. The maximum absolute atomic E-state index is 5.44. The van der Waals surface area contributed by atoms with Gasteiger partial charge in [0.1, 0.15) is 5.75 Å². The first-order valence-corrected chi connectivity index (χ1v) is 7.11. The second-order valence-corrected chi connectivity index (χ2v) is 5.22. The summed E-state index contributed by atoms with van der Waals surface area (Å²) < 4.78 is 5.44. The Morgan fingerprint density at radius 2 is 1.65 bits per heavy atom. The minimum atomic E-state index is 0.297. The van der Waals surface area contributed by atoms with Crippen LogP contribution < -0.4 is 10.1 Å². The smallest absolute Gasteiger partial charge is 0.141 e. The van der Waals surface area contributed by atoms with Crippen LogP contribution in [0.1, 0.15) is 36.1 Å². The molecule has 0 fully saturated rings. The van der Waals surface area contributed by atoms with Crippen molar-refractivity contribution in [2.45, 2.75) is 33.2 Å². The van der Waals surface area contributed by atoms with Gasteiger partial charge in [-0.15, -0.1) is 0 Å². The third kappa shape index (κ3) is 3.32. The lowest BCUT2D eigenvalue weighted by atomic mass is 10.0. The lowest BCUT2D eigenvalue weighted by Crippen LogP contribution is -2.10. The molecule has 0 bridgehead atoms. The van der Waals surface area contributed by atoms with Crippen LogP contribution in [0.4, 0.5) is 5.69 Å².